The van der Waals surface area contributed by atoms with Gasteiger partial charge in [-0.1, -0.05) is 178 Å². The number of esters is 1. The fraction of sp³-hybridized carbons (Fsp3) is 0.825. The molecular formula is C57H103NO10. The van der Waals surface area contributed by atoms with Crippen molar-refractivity contribution in [2.24, 2.45) is 0 Å². The third-order valence-electron chi connectivity index (χ3n) is 12.9. The minimum absolute atomic E-state index is 0.0305. The van der Waals surface area contributed by atoms with Crippen LogP contribution in [0, 0.1) is 0 Å². The van der Waals surface area contributed by atoms with Crippen molar-refractivity contribution in [2.45, 2.75) is 281 Å². The van der Waals surface area contributed by atoms with Crippen LogP contribution in [0.25, 0.3) is 0 Å². The van der Waals surface area contributed by atoms with Gasteiger partial charge in [-0.3, -0.25) is 9.59 Å². The van der Waals surface area contributed by atoms with Crippen LogP contribution in [0.1, 0.15) is 239 Å². The molecule has 0 aliphatic carbocycles. The number of hydrogen-bond donors (Lipinski definition) is 6. The number of nitrogens with one attached hydrogen (secondary N) is 1. The predicted molar refractivity (Wildman–Crippen MR) is 278 cm³/mol. The Morgan fingerprint density at radius 2 is 0.956 bits per heavy atom. The molecule has 7 atom stereocenters. The highest BCUT2D eigenvalue weighted by Crippen LogP contribution is 2.23. The maximum absolute atomic E-state index is 13.0. The molecule has 1 amide bonds. The van der Waals surface area contributed by atoms with Crippen LogP contribution in [0.5, 0.6) is 0 Å². The summed E-state index contributed by atoms with van der Waals surface area (Å²) in [5, 5.41) is 54.1. The van der Waals surface area contributed by atoms with Gasteiger partial charge in [-0.05, 0) is 96.3 Å². The first-order valence-electron chi connectivity index (χ1n) is 27.9. The molecule has 0 aromatic heterocycles. The zero-order valence-corrected chi connectivity index (χ0v) is 43.3. The molecule has 1 saturated heterocycles. The lowest BCUT2D eigenvalue weighted by Gasteiger charge is -2.40. The second-order valence-corrected chi connectivity index (χ2v) is 19.3. The Balaban J connectivity index is 2.09. The lowest BCUT2D eigenvalue weighted by Crippen LogP contribution is -2.60. The van der Waals surface area contributed by atoms with Crippen LogP contribution in [0.4, 0.5) is 0 Å². The summed E-state index contributed by atoms with van der Waals surface area (Å²) in [5.74, 6) is -0.244. The Labute approximate surface area is 415 Å². The summed E-state index contributed by atoms with van der Waals surface area (Å²) in [5.41, 5.74) is 0. The van der Waals surface area contributed by atoms with Gasteiger partial charge in [-0.2, -0.15) is 0 Å². The second kappa shape index (κ2) is 47.0. The smallest absolute Gasteiger partial charge is 0.305 e. The molecule has 11 nitrogen and oxygen atoms in total. The Morgan fingerprint density at radius 1 is 0.529 bits per heavy atom. The van der Waals surface area contributed by atoms with E-state index in [2.05, 4.69) is 55.6 Å². The topological polar surface area (TPSA) is 175 Å². The molecule has 1 aliphatic rings. The van der Waals surface area contributed by atoms with Crippen molar-refractivity contribution in [3.05, 3.63) is 48.6 Å². The SMILES string of the molecule is CCCCC/C=C/CC/C=C/C(O)C(COC1OC(CO)C(O)C(O)C1O)NC(=O)CCCCCCC/C=C\CCCCCCCCCOC(=O)CCCCCCC/C=C\CCCCCCCC. The summed E-state index contributed by atoms with van der Waals surface area (Å²) < 4.78 is 16.6. The van der Waals surface area contributed by atoms with Crippen molar-refractivity contribution in [3.63, 3.8) is 0 Å². The lowest BCUT2D eigenvalue weighted by molar-refractivity contribution is -0.302. The third-order valence-corrected chi connectivity index (χ3v) is 12.9. The fourth-order valence-corrected chi connectivity index (χ4v) is 8.38. The van der Waals surface area contributed by atoms with Crippen LogP contribution in [0.15, 0.2) is 48.6 Å². The molecule has 0 bridgehead atoms. The molecule has 1 heterocycles. The summed E-state index contributed by atoms with van der Waals surface area (Å²) in [6.07, 6.45) is 47.8. The Hall–Kier alpha value is -2.38. The molecule has 1 fully saturated rings. The number of rotatable bonds is 47. The highest BCUT2D eigenvalue weighted by molar-refractivity contribution is 5.76. The molecule has 0 radical (unpaired) electrons. The monoisotopic (exact) mass is 962 g/mol. The molecule has 7 unspecified atom stereocenters. The largest absolute Gasteiger partial charge is 0.466 e. The van der Waals surface area contributed by atoms with Crippen molar-refractivity contribution >= 4 is 11.9 Å². The molecule has 0 aromatic carbocycles. The zero-order valence-electron chi connectivity index (χ0n) is 43.3. The van der Waals surface area contributed by atoms with E-state index < -0.39 is 49.5 Å². The quantitative estimate of drug-likeness (QED) is 0.0196. The Kier molecular flexibility index (Phi) is 44.0. The van der Waals surface area contributed by atoms with E-state index in [0.29, 0.717) is 19.4 Å². The van der Waals surface area contributed by atoms with Gasteiger partial charge >= 0.3 is 5.97 Å². The zero-order chi connectivity index (χ0) is 49.6. The van der Waals surface area contributed by atoms with Gasteiger partial charge < -0.3 is 45.1 Å². The van der Waals surface area contributed by atoms with Gasteiger partial charge in [0.15, 0.2) is 6.29 Å². The minimum atomic E-state index is -1.58. The average Bonchev–Trinajstić information content (AvgIpc) is 3.33. The molecule has 6 N–H and O–H groups in total. The van der Waals surface area contributed by atoms with Gasteiger partial charge in [0.25, 0.3) is 0 Å². The van der Waals surface area contributed by atoms with Gasteiger partial charge in [-0.25, -0.2) is 0 Å². The first-order valence-corrected chi connectivity index (χ1v) is 27.9. The van der Waals surface area contributed by atoms with E-state index in [1.165, 1.54) is 122 Å². The first-order chi connectivity index (χ1) is 33.2. The van der Waals surface area contributed by atoms with E-state index in [9.17, 15) is 35.1 Å². The molecule has 68 heavy (non-hydrogen) atoms. The second-order valence-electron chi connectivity index (χ2n) is 19.3. The van der Waals surface area contributed by atoms with Gasteiger partial charge in [0, 0.05) is 12.8 Å². The van der Waals surface area contributed by atoms with Crippen LogP contribution >= 0.6 is 0 Å². The van der Waals surface area contributed by atoms with Crippen molar-refractivity contribution in [2.75, 3.05) is 19.8 Å². The normalized spacial score (nSPS) is 19.8. The number of carbonyl (C=O) groups excluding carboxylic acids is 2. The number of allylic oxidation sites excluding steroid dienone is 7. The molecule has 1 rings (SSSR count). The lowest BCUT2D eigenvalue weighted by atomic mass is 9.99. The third kappa shape index (κ3) is 36.5. The molecule has 1 aliphatic heterocycles. The summed E-state index contributed by atoms with van der Waals surface area (Å²) >= 11 is 0. The van der Waals surface area contributed by atoms with E-state index >= 15 is 0 Å². The maximum atomic E-state index is 13.0. The highest BCUT2D eigenvalue weighted by atomic mass is 16.7. The molecule has 0 saturated carbocycles. The first kappa shape index (κ1) is 63.6. The maximum Gasteiger partial charge on any atom is 0.305 e. The standard InChI is InChI=1S/C57H103NO10/c1-3-5-7-9-11-13-14-15-18-22-25-29-33-37-41-45-53(62)66-46-42-38-34-30-26-23-20-17-16-19-21-24-28-32-36-40-44-52(61)58-49(50(60)43-39-35-31-27-12-10-8-6-4-2)48-67-57-56(65)55(64)54(63)51(47-59)68-57/h12,15-16,18-19,27,39,43,49-51,54-57,59-60,63-65H,3-11,13-14,17,20-26,28-38,40-42,44-48H2,1-2H3,(H,58,61)/b18-15-,19-16-,27-12+,43-39+. The van der Waals surface area contributed by atoms with Crippen LogP contribution < -0.4 is 5.32 Å². The fourth-order valence-electron chi connectivity index (χ4n) is 8.38. The average molecular weight is 962 g/mol. The summed E-state index contributed by atoms with van der Waals surface area (Å²) in [4.78, 5) is 25.0. The van der Waals surface area contributed by atoms with Crippen molar-refractivity contribution in [1.82, 2.24) is 5.32 Å². The number of carbonyl (C=O) groups is 2. The number of ether oxygens (including phenoxy) is 3. The van der Waals surface area contributed by atoms with E-state index in [1.54, 1.807) is 6.08 Å². The molecular weight excluding hydrogens is 859 g/mol. The number of aliphatic hydroxyl groups excluding tert-OH is 5. The summed E-state index contributed by atoms with van der Waals surface area (Å²) in [6.45, 7) is 4.22. The predicted octanol–water partition coefficient (Wildman–Crippen LogP) is 12.1. The molecule has 0 aromatic rings. The minimum Gasteiger partial charge on any atom is -0.466 e. The van der Waals surface area contributed by atoms with Crippen LogP contribution in [0.3, 0.4) is 0 Å². The van der Waals surface area contributed by atoms with Gasteiger partial charge in [0.2, 0.25) is 5.91 Å². The van der Waals surface area contributed by atoms with E-state index in [1.807, 2.05) is 6.08 Å². The Bertz CT molecular complexity index is 1270. The number of amides is 1. The van der Waals surface area contributed by atoms with E-state index in [-0.39, 0.29) is 18.5 Å². The highest BCUT2D eigenvalue weighted by Gasteiger charge is 2.44. The van der Waals surface area contributed by atoms with Crippen molar-refractivity contribution in [3.8, 4) is 0 Å². The van der Waals surface area contributed by atoms with E-state index in [4.69, 9.17) is 14.2 Å². The number of hydrogen-bond acceptors (Lipinski definition) is 10. The van der Waals surface area contributed by atoms with Gasteiger partial charge in [-0.15, -0.1) is 0 Å². The summed E-state index contributed by atoms with van der Waals surface area (Å²) in [6, 6.07) is -0.839. The number of aliphatic hydroxyl groups is 5. The van der Waals surface area contributed by atoms with Crippen molar-refractivity contribution < 1.29 is 49.3 Å². The molecule has 11 heteroatoms. The van der Waals surface area contributed by atoms with Crippen LogP contribution in [-0.4, -0.2) is 100 Å². The van der Waals surface area contributed by atoms with Crippen LogP contribution in [-0.2, 0) is 23.8 Å². The van der Waals surface area contributed by atoms with E-state index in [0.717, 1.165) is 89.9 Å². The Morgan fingerprint density at radius 3 is 1.49 bits per heavy atom. The van der Waals surface area contributed by atoms with Crippen molar-refractivity contribution in [1.29, 1.82) is 0 Å². The number of unbranched alkanes of at least 4 members (excludes halogenated alkanes) is 27. The molecule has 396 valence electrons. The van der Waals surface area contributed by atoms with Gasteiger partial charge in [0.05, 0.1) is 32.0 Å². The van der Waals surface area contributed by atoms with Gasteiger partial charge in [0.1, 0.15) is 24.4 Å². The molecule has 0 spiro atoms. The van der Waals surface area contributed by atoms with Crippen LogP contribution in [0.2, 0.25) is 0 Å². The summed E-state index contributed by atoms with van der Waals surface area (Å²) in [7, 11) is 0.